The molecule has 3 amide bonds. The first kappa shape index (κ1) is 17.0. The van der Waals surface area contributed by atoms with Crippen LogP contribution in [0.25, 0.3) is 10.6 Å². The second-order valence-corrected chi connectivity index (χ2v) is 6.76. The summed E-state index contributed by atoms with van der Waals surface area (Å²) in [7, 11) is 0. The smallest absolute Gasteiger partial charge is 0.262 e. The number of fused-ring (bicyclic) bond motifs is 1. The lowest BCUT2D eigenvalue weighted by atomic mass is 10.1. The second-order valence-electron chi connectivity index (χ2n) is 5.90. The van der Waals surface area contributed by atoms with Crippen LogP contribution in [0.5, 0.6) is 0 Å². The van der Waals surface area contributed by atoms with E-state index in [1.807, 2.05) is 17.5 Å². The van der Waals surface area contributed by atoms with E-state index >= 15 is 0 Å². The van der Waals surface area contributed by atoms with Gasteiger partial charge in [0.2, 0.25) is 5.91 Å². The zero-order valence-corrected chi connectivity index (χ0v) is 14.9. The van der Waals surface area contributed by atoms with E-state index in [0.717, 1.165) is 15.5 Å². The maximum absolute atomic E-state index is 12.3. The predicted octanol–water partition coefficient (Wildman–Crippen LogP) is 2.12. The summed E-state index contributed by atoms with van der Waals surface area (Å²) in [5.41, 5.74) is 2.33. The molecular weight excluding hydrogens is 364 g/mol. The minimum absolute atomic E-state index is 0.226. The standard InChI is InChI=1S/C19H14N4O3S/c24-16(10-23-18(25)14-3-1-2-4-15(14)19(23)26)21-9-13-11-27-17(22-13)12-5-7-20-8-6-12/h1-8,11H,9-10H2,(H,21,24). The number of rotatable bonds is 5. The minimum atomic E-state index is -0.445. The van der Waals surface area contributed by atoms with Crippen molar-refractivity contribution in [2.75, 3.05) is 6.54 Å². The van der Waals surface area contributed by atoms with E-state index in [0.29, 0.717) is 16.8 Å². The van der Waals surface area contributed by atoms with E-state index in [2.05, 4.69) is 15.3 Å². The van der Waals surface area contributed by atoms with E-state index in [-0.39, 0.29) is 13.1 Å². The molecule has 0 atom stereocenters. The zero-order valence-electron chi connectivity index (χ0n) is 14.1. The van der Waals surface area contributed by atoms with Crippen LogP contribution in [0.4, 0.5) is 0 Å². The molecule has 0 unspecified atom stereocenters. The minimum Gasteiger partial charge on any atom is -0.349 e. The van der Waals surface area contributed by atoms with E-state index in [9.17, 15) is 14.4 Å². The number of hydrogen-bond acceptors (Lipinski definition) is 6. The Hall–Kier alpha value is -3.39. The van der Waals surface area contributed by atoms with Crippen LogP contribution in [0.2, 0.25) is 0 Å². The SMILES string of the molecule is O=C(CN1C(=O)c2ccccc2C1=O)NCc1csc(-c2ccncc2)n1. The van der Waals surface area contributed by atoms with Crippen LogP contribution in [0.3, 0.4) is 0 Å². The summed E-state index contributed by atoms with van der Waals surface area (Å²) in [4.78, 5) is 46.2. The monoisotopic (exact) mass is 378 g/mol. The molecule has 0 radical (unpaired) electrons. The molecule has 1 N–H and O–H groups in total. The van der Waals surface area contributed by atoms with Crippen LogP contribution in [0.15, 0.2) is 54.2 Å². The van der Waals surface area contributed by atoms with Gasteiger partial charge in [-0.15, -0.1) is 11.3 Å². The molecule has 1 aliphatic heterocycles. The van der Waals surface area contributed by atoms with Crippen molar-refractivity contribution in [3.05, 3.63) is 71.0 Å². The van der Waals surface area contributed by atoms with Crippen LogP contribution in [0, 0.1) is 0 Å². The van der Waals surface area contributed by atoms with Crippen molar-refractivity contribution in [1.82, 2.24) is 20.2 Å². The van der Waals surface area contributed by atoms with Crippen LogP contribution in [0.1, 0.15) is 26.4 Å². The molecule has 7 nitrogen and oxygen atoms in total. The lowest BCUT2D eigenvalue weighted by Crippen LogP contribution is -2.40. The normalized spacial score (nSPS) is 13.0. The van der Waals surface area contributed by atoms with Gasteiger partial charge in [-0.1, -0.05) is 12.1 Å². The maximum atomic E-state index is 12.3. The molecule has 0 saturated heterocycles. The van der Waals surface area contributed by atoms with Gasteiger partial charge in [0, 0.05) is 23.3 Å². The Kier molecular flexibility index (Phi) is 4.47. The van der Waals surface area contributed by atoms with Gasteiger partial charge in [-0.3, -0.25) is 24.3 Å². The summed E-state index contributed by atoms with van der Waals surface area (Å²) in [6.07, 6.45) is 3.39. The van der Waals surface area contributed by atoms with E-state index < -0.39 is 17.7 Å². The van der Waals surface area contributed by atoms with E-state index in [4.69, 9.17) is 0 Å². The second kappa shape index (κ2) is 7.08. The lowest BCUT2D eigenvalue weighted by Gasteiger charge is -2.13. The fraction of sp³-hybridized carbons (Fsp3) is 0.105. The van der Waals surface area contributed by atoms with Crippen molar-refractivity contribution in [1.29, 1.82) is 0 Å². The lowest BCUT2D eigenvalue weighted by molar-refractivity contribution is -0.121. The van der Waals surface area contributed by atoms with Crippen LogP contribution in [-0.2, 0) is 11.3 Å². The molecule has 0 aliphatic carbocycles. The molecule has 4 rings (SSSR count). The van der Waals surface area contributed by atoms with E-state index in [1.54, 1.807) is 36.7 Å². The molecule has 2 aromatic heterocycles. The van der Waals surface area contributed by atoms with Gasteiger partial charge in [0.25, 0.3) is 11.8 Å². The Morgan fingerprint density at radius 3 is 2.37 bits per heavy atom. The molecule has 8 heteroatoms. The molecule has 0 fully saturated rings. The number of aromatic nitrogens is 2. The number of pyridine rings is 1. The Labute approximate surface area is 158 Å². The molecule has 1 aliphatic rings. The maximum Gasteiger partial charge on any atom is 0.262 e. The molecule has 0 saturated carbocycles. The van der Waals surface area contributed by atoms with Gasteiger partial charge < -0.3 is 5.32 Å². The molecule has 0 spiro atoms. The third-order valence-electron chi connectivity index (χ3n) is 4.13. The predicted molar refractivity (Wildman–Crippen MR) is 99.0 cm³/mol. The number of amides is 3. The molecule has 3 aromatic rings. The summed E-state index contributed by atoms with van der Waals surface area (Å²) in [5.74, 6) is -1.30. The highest BCUT2D eigenvalue weighted by Crippen LogP contribution is 2.23. The zero-order chi connectivity index (χ0) is 18.8. The highest BCUT2D eigenvalue weighted by molar-refractivity contribution is 7.13. The van der Waals surface area contributed by atoms with Crippen molar-refractivity contribution < 1.29 is 14.4 Å². The quantitative estimate of drug-likeness (QED) is 0.687. The van der Waals surface area contributed by atoms with Crippen molar-refractivity contribution in [3.8, 4) is 10.6 Å². The first-order valence-corrected chi connectivity index (χ1v) is 9.08. The first-order chi connectivity index (χ1) is 13.1. The molecule has 3 heterocycles. The van der Waals surface area contributed by atoms with Gasteiger partial charge in [-0.2, -0.15) is 0 Å². The number of thiazole rings is 1. The van der Waals surface area contributed by atoms with Crippen molar-refractivity contribution >= 4 is 29.1 Å². The van der Waals surface area contributed by atoms with Crippen LogP contribution >= 0.6 is 11.3 Å². The average Bonchev–Trinajstić information content (AvgIpc) is 3.27. The Bertz CT molecular complexity index is 997. The molecule has 1 aromatic carbocycles. The number of nitrogens with zero attached hydrogens (tertiary/aromatic N) is 3. The fourth-order valence-electron chi connectivity index (χ4n) is 2.79. The van der Waals surface area contributed by atoms with Crippen molar-refractivity contribution in [2.45, 2.75) is 6.54 Å². The molecule has 27 heavy (non-hydrogen) atoms. The molecule has 0 bridgehead atoms. The van der Waals surface area contributed by atoms with Gasteiger partial charge in [-0.25, -0.2) is 4.98 Å². The van der Waals surface area contributed by atoms with E-state index in [1.165, 1.54) is 11.3 Å². The number of nitrogens with one attached hydrogen (secondary N) is 1. The van der Waals surface area contributed by atoms with Crippen molar-refractivity contribution in [3.63, 3.8) is 0 Å². The van der Waals surface area contributed by atoms with Gasteiger partial charge in [0.05, 0.1) is 23.4 Å². The summed E-state index contributed by atoms with van der Waals surface area (Å²) in [6.45, 7) is -0.0860. The number of benzene rings is 1. The van der Waals surface area contributed by atoms with Crippen molar-refractivity contribution in [2.24, 2.45) is 0 Å². The highest BCUT2D eigenvalue weighted by Gasteiger charge is 2.36. The highest BCUT2D eigenvalue weighted by atomic mass is 32.1. The topological polar surface area (TPSA) is 92.3 Å². The third kappa shape index (κ3) is 3.34. The van der Waals surface area contributed by atoms with Crippen LogP contribution in [-0.4, -0.2) is 39.1 Å². The molecular formula is C19H14N4O3S. The summed E-state index contributed by atoms with van der Waals surface area (Å²) in [5, 5.41) is 5.40. The third-order valence-corrected chi connectivity index (χ3v) is 5.07. The van der Waals surface area contributed by atoms with Gasteiger partial charge >= 0.3 is 0 Å². The molecule has 134 valence electrons. The van der Waals surface area contributed by atoms with Crippen LogP contribution < -0.4 is 5.32 Å². The summed E-state index contributed by atoms with van der Waals surface area (Å²) < 4.78 is 0. The summed E-state index contributed by atoms with van der Waals surface area (Å²) >= 11 is 1.47. The Morgan fingerprint density at radius 1 is 1.04 bits per heavy atom. The first-order valence-electron chi connectivity index (χ1n) is 8.20. The Balaban J connectivity index is 1.37. The number of imide groups is 1. The number of hydrogen-bond donors (Lipinski definition) is 1. The number of carbonyl (C=O) groups excluding carboxylic acids is 3. The van der Waals surface area contributed by atoms with Gasteiger partial charge in [0.1, 0.15) is 11.6 Å². The largest absolute Gasteiger partial charge is 0.349 e. The summed E-state index contributed by atoms with van der Waals surface area (Å²) in [6, 6.07) is 10.3. The Morgan fingerprint density at radius 2 is 1.70 bits per heavy atom. The number of carbonyl (C=O) groups is 3. The van der Waals surface area contributed by atoms with Gasteiger partial charge in [0.15, 0.2) is 0 Å². The average molecular weight is 378 g/mol. The fourth-order valence-corrected chi connectivity index (χ4v) is 3.61. The van der Waals surface area contributed by atoms with Gasteiger partial charge in [-0.05, 0) is 24.3 Å².